The van der Waals surface area contributed by atoms with Gasteiger partial charge in [0, 0.05) is 12.1 Å². The number of hydrogen-bond donors (Lipinski definition) is 0. The van der Waals surface area contributed by atoms with Crippen molar-refractivity contribution in [2.24, 2.45) is 23.2 Å². The molecule has 3 atom stereocenters. The molecular weight excluding hydrogens is 218 g/mol. The van der Waals surface area contributed by atoms with Gasteiger partial charge in [0.25, 0.3) is 0 Å². The fourth-order valence-corrected chi connectivity index (χ4v) is 4.01. The monoisotopic (exact) mass is 251 g/mol. The molecule has 106 valence electrons. The van der Waals surface area contributed by atoms with E-state index in [2.05, 4.69) is 46.4 Å². The van der Waals surface area contributed by atoms with Crippen LogP contribution in [0.3, 0.4) is 0 Å². The van der Waals surface area contributed by atoms with Crippen LogP contribution in [0.5, 0.6) is 0 Å². The van der Waals surface area contributed by atoms with Crippen LogP contribution in [0.25, 0.3) is 0 Å². The van der Waals surface area contributed by atoms with Crippen molar-refractivity contribution in [3.8, 4) is 0 Å². The molecule has 2 aliphatic rings. The van der Waals surface area contributed by atoms with Gasteiger partial charge in [-0.15, -0.1) is 0 Å². The third-order valence-electron chi connectivity index (χ3n) is 5.54. The van der Waals surface area contributed by atoms with E-state index < -0.39 is 0 Å². The van der Waals surface area contributed by atoms with Gasteiger partial charge in [0.1, 0.15) is 0 Å². The highest BCUT2D eigenvalue weighted by molar-refractivity contribution is 4.92. The Hall–Kier alpha value is -0.0400. The van der Waals surface area contributed by atoms with E-state index in [-0.39, 0.29) is 0 Å². The van der Waals surface area contributed by atoms with Crippen molar-refractivity contribution in [2.45, 2.75) is 72.8 Å². The largest absolute Gasteiger partial charge is 0.298 e. The van der Waals surface area contributed by atoms with Gasteiger partial charge in [-0.25, -0.2) is 0 Å². The van der Waals surface area contributed by atoms with Crippen LogP contribution in [0, 0.1) is 23.2 Å². The highest BCUT2D eigenvalue weighted by Crippen LogP contribution is 2.46. The SMILES string of the molecule is CC(C)(C)C1CCC2CN(C(C)(C)C)CCC2C1. The lowest BCUT2D eigenvalue weighted by molar-refractivity contribution is -0.000579. The molecule has 1 heteroatoms. The van der Waals surface area contributed by atoms with Crippen LogP contribution in [-0.2, 0) is 0 Å². The molecule has 1 saturated heterocycles. The Kier molecular flexibility index (Phi) is 3.84. The van der Waals surface area contributed by atoms with Gasteiger partial charge in [-0.05, 0) is 76.2 Å². The highest BCUT2D eigenvalue weighted by atomic mass is 15.2. The van der Waals surface area contributed by atoms with Crippen LogP contribution in [0.2, 0.25) is 0 Å². The first kappa shape index (κ1) is 14.4. The molecule has 0 amide bonds. The number of rotatable bonds is 0. The maximum atomic E-state index is 2.71. The van der Waals surface area contributed by atoms with Gasteiger partial charge in [-0.3, -0.25) is 4.90 Å². The van der Waals surface area contributed by atoms with Gasteiger partial charge >= 0.3 is 0 Å². The fourth-order valence-electron chi connectivity index (χ4n) is 4.01. The van der Waals surface area contributed by atoms with Crippen molar-refractivity contribution >= 4 is 0 Å². The first-order valence-electron chi connectivity index (χ1n) is 7.93. The van der Waals surface area contributed by atoms with Crippen LogP contribution in [0.1, 0.15) is 67.2 Å². The molecule has 1 nitrogen and oxygen atoms in total. The maximum absolute atomic E-state index is 2.71. The summed E-state index contributed by atoms with van der Waals surface area (Å²) in [6.07, 6.45) is 5.86. The molecule has 2 rings (SSSR count). The molecule has 1 aliphatic carbocycles. The third kappa shape index (κ3) is 3.10. The molecule has 0 spiro atoms. The van der Waals surface area contributed by atoms with Crippen molar-refractivity contribution in [1.29, 1.82) is 0 Å². The van der Waals surface area contributed by atoms with Crippen LogP contribution in [-0.4, -0.2) is 23.5 Å². The van der Waals surface area contributed by atoms with Crippen molar-refractivity contribution in [3.05, 3.63) is 0 Å². The second-order valence-electron chi connectivity index (χ2n) is 8.80. The Morgan fingerprint density at radius 2 is 1.50 bits per heavy atom. The summed E-state index contributed by atoms with van der Waals surface area (Å²) in [5, 5.41) is 0. The quantitative estimate of drug-likeness (QED) is 0.609. The van der Waals surface area contributed by atoms with E-state index in [9.17, 15) is 0 Å². The lowest BCUT2D eigenvalue weighted by Crippen LogP contribution is -2.51. The summed E-state index contributed by atoms with van der Waals surface area (Å²) in [7, 11) is 0. The van der Waals surface area contributed by atoms with Crippen LogP contribution < -0.4 is 0 Å². The predicted molar refractivity (Wildman–Crippen MR) is 79.7 cm³/mol. The van der Waals surface area contributed by atoms with Crippen LogP contribution in [0.4, 0.5) is 0 Å². The number of hydrogen-bond acceptors (Lipinski definition) is 1. The van der Waals surface area contributed by atoms with Crippen LogP contribution in [0.15, 0.2) is 0 Å². The minimum absolute atomic E-state index is 0.367. The molecule has 0 aromatic rings. The van der Waals surface area contributed by atoms with Crippen LogP contribution >= 0.6 is 0 Å². The Morgan fingerprint density at radius 1 is 0.833 bits per heavy atom. The minimum atomic E-state index is 0.367. The van der Waals surface area contributed by atoms with Crippen molar-refractivity contribution in [1.82, 2.24) is 4.90 Å². The normalized spacial score (nSPS) is 35.3. The maximum Gasteiger partial charge on any atom is 0.0125 e. The van der Waals surface area contributed by atoms with Gasteiger partial charge in [0.2, 0.25) is 0 Å². The summed E-state index contributed by atoms with van der Waals surface area (Å²) in [4.78, 5) is 2.71. The van der Waals surface area contributed by atoms with Gasteiger partial charge in [-0.1, -0.05) is 20.8 Å². The van der Waals surface area contributed by atoms with Crippen molar-refractivity contribution < 1.29 is 0 Å². The smallest absolute Gasteiger partial charge is 0.0125 e. The molecule has 2 fully saturated rings. The van der Waals surface area contributed by atoms with Gasteiger partial charge in [0.05, 0.1) is 0 Å². The van der Waals surface area contributed by atoms with E-state index >= 15 is 0 Å². The average molecular weight is 251 g/mol. The third-order valence-corrected chi connectivity index (χ3v) is 5.54. The van der Waals surface area contributed by atoms with E-state index in [1.54, 1.807) is 0 Å². The first-order chi connectivity index (χ1) is 8.18. The summed E-state index contributed by atoms with van der Waals surface area (Å²) >= 11 is 0. The zero-order valence-electron chi connectivity index (χ0n) is 13.4. The lowest BCUT2D eigenvalue weighted by Gasteiger charge is -2.50. The van der Waals surface area contributed by atoms with Gasteiger partial charge < -0.3 is 0 Å². The van der Waals surface area contributed by atoms with Crippen molar-refractivity contribution in [2.75, 3.05) is 13.1 Å². The Labute approximate surface area is 114 Å². The topological polar surface area (TPSA) is 3.24 Å². The van der Waals surface area contributed by atoms with E-state index in [1.807, 2.05) is 0 Å². The molecule has 1 saturated carbocycles. The summed E-state index contributed by atoms with van der Waals surface area (Å²) in [6.45, 7) is 17.1. The summed E-state index contributed by atoms with van der Waals surface area (Å²) < 4.78 is 0. The molecule has 0 bridgehead atoms. The molecule has 18 heavy (non-hydrogen) atoms. The summed E-state index contributed by atoms with van der Waals surface area (Å²) in [5.74, 6) is 2.96. The summed E-state index contributed by atoms with van der Waals surface area (Å²) in [5.41, 5.74) is 0.887. The van der Waals surface area contributed by atoms with Gasteiger partial charge in [0.15, 0.2) is 0 Å². The standard InChI is InChI=1S/C17H33N/c1-16(2,3)15-8-7-14-12-18(17(4,5)6)10-9-13(14)11-15/h13-15H,7-12H2,1-6H3. The molecule has 0 radical (unpaired) electrons. The van der Waals surface area contributed by atoms with E-state index in [1.165, 1.54) is 38.8 Å². The Morgan fingerprint density at radius 3 is 2.06 bits per heavy atom. The van der Waals surface area contributed by atoms with Crippen molar-refractivity contribution in [3.63, 3.8) is 0 Å². The number of piperidine rings is 1. The molecule has 1 heterocycles. The van der Waals surface area contributed by atoms with Gasteiger partial charge in [-0.2, -0.15) is 0 Å². The van der Waals surface area contributed by atoms with E-state index in [0.717, 1.165) is 17.8 Å². The fraction of sp³-hybridized carbons (Fsp3) is 1.00. The van der Waals surface area contributed by atoms with E-state index in [4.69, 9.17) is 0 Å². The lowest BCUT2D eigenvalue weighted by atomic mass is 9.63. The molecular formula is C17H33N. The number of likely N-dealkylation sites (tertiary alicyclic amines) is 1. The Bertz CT molecular complexity index is 251. The molecule has 0 aromatic heterocycles. The molecule has 1 aliphatic heterocycles. The molecule has 0 aromatic carbocycles. The summed E-state index contributed by atoms with van der Waals surface area (Å²) in [6, 6.07) is 0. The predicted octanol–water partition coefficient (Wildman–Crippen LogP) is 4.57. The minimum Gasteiger partial charge on any atom is -0.298 e. The zero-order valence-corrected chi connectivity index (χ0v) is 13.4. The first-order valence-corrected chi connectivity index (χ1v) is 7.93. The highest BCUT2D eigenvalue weighted by Gasteiger charge is 2.40. The number of nitrogens with zero attached hydrogens (tertiary/aromatic N) is 1. The average Bonchev–Trinajstić information content (AvgIpc) is 2.25. The van der Waals surface area contributed by atoms with E-state index in [0.29, 0.717) is 11.0 Å². The molecule has 0 N–H and O–H groups in total. The molecule has 3 unspecified atom stereocenters. The second kappa shape index (κ2) is 4.81. The Balaban J connectivity index is 1.96. The zero-order chi connectivity index (χ0) is 13.6. The second-order valence-corrected chi connectivity index (χ2v) is 8.80. The number of fused-ring (bicyclic) bond motifs is 1.